The van der Waals surface area contributed by atoms with Crippen LogP contribution in [0.15, 0.2) is 24.3 Å². The van der Waals surface area contributed by atoms with E-state index >= 15 is 0 Å². The largest absolute Gasteiger partial charge is 0.483 e. The summed E-state index contributed by atoms with van der Waals surface area (Å²) in [6.45, 7) is 6.67. The quantitative estimate of drug-likeness (QED) is 0.761. The molecule has 1 unspecified atom stereocenters. The van der Waals surface area contributed by atoms with Crippen molar-refractivity contribution in [1.82, 2.24) is 4.90 Å². The highest BCUT2D eigenvalue weighted by atomic mass is 16.5. The van der Waals surface area contributed by atoms with Crippen LogP contribution in [0.2, 0.25) is 0 Å². The molecule has 0 saturated carbocycles. The molecule has 22 heavy (non-hydrogen) atoms. The zero-order chi connectivity index (χ0) is 16.5. The fourth-order valence-corrected chi connectivity index (χ4v) is 2.16. The fraction of sp³-hybridized carbons (Fsp3) is 0.529. The lowest BCUT2D eigenvalue weighted by Crippen LogP contribution is -2.36. The third-order valence-electron chi connectivity index (χ3n) is 3.74. The number of hydrogen-bond acceptors (Lipinski definition) is 3. The van der Waals surface area contributed by atoms with Crippen molar-refractivity contribution in [3.63, 3.8) is 0 Å². The topological polar surface area (TPSA) is 66.8 Å². The van der Waals surface area contributed by atoms with Crippen molar-refractivity contribution in [3.05, 3.63) is 29.8 Å². The van der Waals surface area contributed by atoms with Gasteiger partial charge in [0.05, 0.1) is 6.42 Å². The molecule has 122 valence electrons. The number of hydrogen-bond donors (Lipinski definition) is 1. The molecular formula is C17H25NO4. The minimum absolute atomic E-state index is 0.0525. The van der Waals surface area contributed by atoms with E-state index in [0.29, 0.717) is 12.5 Å². The van der Waals surface area contributed by atoms with Gasteiger partial charge in [-0.25, -0.2) is 0 Å². The Morgan fingerprint density at radius 3 is 2.55 bits per heavy atom. The molecule has 0 radical (unpaired) electrons. The molecule has 1 amide bonds. The summed E-state index contributed by atoms with van der Waals surface area (Å²) in [6, 6.07) is 7.72. The van der Waals surface area contributed by atoms with Crippen molar-refractivity contribution < 1.29 is 19.4 Å². The standard InChI is InChI=1S/C17H25NO4/c1-4-13(3)14-8-6-7-9-15(14)22-12-16(19)18(5-2)11-10-17(20)21/h6-9,13H,4-5,10-12H2,1-3H3,(H,20,21). The summed E-state index contributed by atoms with van der Waals surface area (Å²) < 4.78 is 5.67. The molecule has 0 aromatic heterocycles. The minimum atomic E-state index is -0.908. The van der Waals surface area contributed by atoms with Crippen LogP contribution in [0.3, 0.4) is 0 Å². The molecule has 1 N–H and O–H groups in total. The zero-order valence-corrected chi connectivity index (χ0v) is 13.5. The third-order valence-corrected chi connectivity index (χ3v) is 3.74. The van der Waals surface area contributed by atoms with Crippen LogP contribution in [0.25, 0.3) is 0 Å². The summed E-state index contributed by atoms with van der Waals surface area (Å²) in [4.78, 5) is 24.2. The number of carbonyl (C=O) groups is 2. The number of para-hydroxylation sites is 1. The lowest BCUT2D eigenvalue weighted by molar-refractivity contribution is -0.139. The maximum Gasteiger partial charge on any atom is 0.305 e. The molecule has 1 aromatic rings. The Morgan fingerprint density at radius 1 is 1.27 bits per heavy atom. The number of likely N-dealkylation sites (N-methyl/N-ethyl adjacent to an activating group) is 1. The van der Waals surface area contributed by atoms with Crippen molar-refractivity contribution in [3.8, 4) is 5.75 Å². The molecule has 0 fully saturated rings. The second-order valence-corrected chi connectivity index (χ2v) is 5.25. The van der Waals surface area contributed by atoms with Crippen LogP contribution in [-0.2, 0) is 9.59 Å². The van der Waals surface area contributed by atoms with Crippen molar-refractivity contribution in [2.45, 2.75) is 39.5 Å². The van der Waals surface area contributed by atoms with Gasteiger partial charge in [-0.05, 0) is 30.9 Å². The number of amides is 1. The second kappa shape index (κ2) is 9.07. The molecular weight excluding hydrogens is 282 g/mol. The van der Waals surface area contributed by atoms with Crippen LogP contribution in [0.5, 0.6) is 5.75 Å². The molecule has 0 spiro atoms. The van der Waals surface area contributed by atoms with Gasteiger partial charge in [-0.1, -0.05) is 32.0 Å². The number of carboxylic acids is 1. The highest BCUT2D eigenvalue weighted by Gasteiger charge is 2.15. The lowest BCUT2D eigenvalue weighted by atomic mass is 9.98. The molecule has 5 nitrogen and oxygen atoms in total. The summed E-state index contributed by atoms with van der Waals surface area (Å²) in [5.74, 6) is -0.0166. The van der Waals surface area contributed by atoms with Crippen LogP contribution in [0.4, 0.5) is 0 Å². The number of aliphatic carboxylic acids is 1. The van der Waals surface area contributed by atoms with E-state index in [4.69, 9.17) is 9.84 Å². The Labute approximate surface area is 131 Å². The Bertz CT molecular complexity index is 501. The summed E-state index contributed by atoms with van der Waals surface area (Å²) in [6.07, 6.45) is 0.942. The average Bonchev–Trinajstić information content (AvgIpc) is 2.52. The SMILES string of the molecule is CCC(C)c1ccccc1OCC(=O)N(CC)CCC(=O)O. The Kier molecular flexibility index (Phi) is 7.43. The van der Waals surface area contributed by atoms with Gasteiger partial charge in [-0.2, -0.15) is 0 Å². The van der Waals surface area contributed by atoms with Crippen molar-refractivity contribution >= 4 is 11.9 Å². The molecule has 5 heteroatoms. The molecule has 0 saturated heterocycles. The molecule has 1 atom stereocenters. The number of nitrogens with zero attached hydrogens (tertiary/aromatic N) is 1. The summed E-state index contributed by atoms with van der Waals surface area (Å²) >= 11 is 0. The first-order chi connectivity index (χ1) is 10.5. The van der Waals surface area contributed by atoms with Crippen LogP contribution in [-0.4, -0.2) is 41.6 Å². The molecule has 0 heterocycles. The van der Waals surface area contributed by atoms with E-state index in [9.17, 15) is 9.59 Å². The fourth-order valence-electron chi connectivity index (χ4n) is 2.16. The maximum absolute atomic E-state index is 12.1. The van der Waals surface area contributed by atoms with Crippen molar-refractivity contribution in [2.75, 3.05) is 19.7 Å². The van der Waals surface area contributed by atoms with Crippen molar-refractivity contribution in [2.24, 2.45) is 0 Å². The first-order valence-electron chi connectivity index (χ1n) is 7.70. The van der Waals surface area contributed by atoms with Crippen LogP contribution in [0, 0.1) is 0 Å². The number of carbonyl (C=O) groups excluding carboxylic acids is 1. The predicted molar refractivity (Wildman–Crippen MR) is 85.1 cm³/mol. The first kappa shape index (κ1) is 18.0. The first-order valence-corrected chi connectivity index (χ1v) is 7.70. The molecule has 0 aliphatic rings. The Hall–Kier alpha value is -2.04. The summed E-state index contributed by atoms with van der Waals surface area (Å²) in [5.41, 5.74) is 1.09. The Morgan fingerprint density at radius 2 is 1.95 bits per heavy atom. The third kappa shape index (κ3) is 5.39. The highest BCUT2D eigenvalue weighted by molar-refractivity contribution is 5.78. The molecule has 1 rings (SSSR count). The van der Waals surface area contributed by atoms with E-state index in [1.54, 1.807) is 0 Å². The zero-order valence-electron chi connectivity index (χ0n) is 13.5. The molecule has 0 bridgehead atoms. The van der Waals surface area contributed by atoms with Gasteiger partial charge in [0, 0.05) is 13.1 Å². The smallest absolute Gasteiger partial charge is 0.305 e. The van der Waals surface area contributed by atoms with Gasteiger partial charge < -0.3 is 14.7 Å². The number of rotatable bonds is 9. The normalized spacial score (nSPS) is 11.8. The molecule has 0 aliphatic carbocycles. The van der Waals surface area contributed by atoms with E-state index in [1.165, 1.54) is 4.90 Å². The van der Waals surface area contributed by atoms with Crippen LogP contribution < -0.4 is 4.74 Å². The van der Waals surface area contributed by atoms with Crippen LogP contribution in [0.1, 0.15) is 45.1 Å². The van der Waals surface area contributed by atoms with Gasteiger partial charge in [0.1, 0.15) is 5.75 Å². The summed E-state index contributed by atoms with van der Waals surface area (Å²) in [7, 11) is 0. The average molecular weight is 307 g/mol. The van der Waals surface area contributed by atoms with Gasteiger partial charge >= 0.3 is 5.97 Å². The number of benzene rings is 1. The van der Waals surface area contributed by atoms with E-state index in [2.05, 4.69) is 13.8 Å². The minimum Gasteiger partial charge on any atom is -0.483 e. The molecule has 0 aliphatic heterocycles. The lowest BCUT2D eigenvalue weighted by Gasteiger charge is -2.21. The van der Waals surface area contributed by atoms with Gasteiger partial charge in [-0.15, -0.1) is 0 Å². The highest BCUT2D eigenvalue weighted by Crippen LogP contribution is 2.28. The number of carboxylic acid groups (broad SMARTS) is 1. The van der Waals surface area contributed by atoms with Gasteiger partial charge in [-0.3, -0.25) is 9.59 Å². The van der Waals surface area contributed by atoms with Gasteiger partial charge in [0.15, 0.2) is 6.61 Å². The van der Waals surface area contributed by atoms with E-state index in [-0.39, 0.29) is 25.5 Å². The molecule has 1 aromatic carbocycles. The monoisotopic (exact) mass is 307 g/mol. The maximum atomic E-state index is 12.1. The number of ether oxygens (including phenoxy) is 1. The Balaban J connectivity index is 2.65. The van der Waals surface area contributed by atoms with E-state index < -0.39 is 5.97 Å². The second-order valence-electron chi connectivity index (χ2n) is 5.25. The van der Waals surface area contributed by atoms with E-state index in [0.717, 1.165) is 17.7 Å². The van der Waals surface area contributed by atoms with Crippen molar-refractivity contribution in [1.29, 1.82) is 0 Å². The van der Waals surface area contributed by atoms with Gasteiger partial charge in [0.25, 0.3) is 5.91 Å². The van der Waals surface area contributed by atoms with Crippen LogP contribution >= 0.6 is 0 Å². The van der Waals surface area contributed by atoms with E-state index in [1.807, 2.05) is 31.2 Å². The summed E-state index contributed by atoms with van der Waals surface area (Å²) in [5, 5.41) is 8.70. The van der Waals surface area contributed by atoms with Gasteiger partial charge in [0.2, 0.25) is 0 Å². The predicted octanol–water partition coefficient (Wildman–Crippen LogP) is 2.90.